The molecule has 1 saturated heterocycles. The average Bonchev–Trinajstić information content (AvgIpc) is 3.72. The van der Waals surface area contributed by atoms with Gasteiger partial charge in [0.05, 0.1) is 34.6 Å². The van der Waals surface area contributed by atoms with Crippen molar-refractivity contribution in [3.05, 3.63) is 118 Å². The molecule has 1 amide bonds. The van der Waals surface area contributed by atoms with Gasteiger partial charge in [-0.2, -0.15) is 4.98 Å². The summed E-state index contributed by atoms with van der Waals surface area (Å²) in [6.45, 7) is 2.64. The smallest absolute Gasteiger partial charge is 0.258 e. The first-order valence-electron chi connectivity index (χ1n) is 13.5. The van der Waals surface area contributed by atoms with Crippen LogP contribution in [0.1, 0.15) is 52.0 Å². The molecule has 4 heterocycles. The largest absolute Gasteiger partial charge is 0.337 e. The van der Waals surface area contributed by atoms with Crippen molar-refractivity contribution in [1.82, 2.24) is 29.5 Å². The molecule has 2 aliphatic rings. The van der Waals surface area contributed by atoms with Crippen LogP contribution in [0.5, 0.6) is 0 Å². The van der Waals surface area contributed by atoms with Crippen LogP contribution < -0.4 is 0 Å². The van der Waals surface area contributed by atoms with Gasteiger partial charge in [-0.15, -0.1) is 0 Å². The minimum absolute atomic E-state index is 0.0518. The number of benzene rings is 3. The van der Waals surface area contributed by atoms with E-state index in [2.05, 4.69) is 34.3 Å². The van der Waals surface area contributed by atoms with Gasteiger partial charge in [0.2, 0.25) is 11.7 Å². The molecule has 0 bridgehead atoms. The van der Waals surface area contributed by atoms with Crippen LogP contribution >= 0.6 is 11.6 Å². The number of halogens is 1. The predicted octanol–water partition coefficient (Wildman–Crippen LogP) is 6.07. The third-order valence-electron chi connectivity index (χ3n) is 7.64. The minimum Gasteiger partial charge on any atom is -0.337 e. The fourth-order valence-corrected chi connectivity index (χ4v) is 6.11. The Labute approximate surface area is 236 Å². The topological polar surface area (TPSA) is 80.3 Å². The first-order valence-corrected chi connectivity index (χ1v) is 13.8. The quantitative estimate of drug-likeness (QED) is 0.245. The summed E-state index contributed by atoms with van der Waals surface area (Å²) in [5, 5.41) is 4.79. The van der Waals surface area contributed by atoms with Gasteiger partial charge >= 0.3 is 0 Å². The van der Waals surface area contributed by atoms with Gasteiger partial charge in [0.25, 0.3) is 5.91 Å². The van der Waals surface area contributed by atoms with Gasteiger partial charge in [0, 0.05) is 19.6 Å². The Kier molecular flexibility index (Phi) is 6.42. The number of hydrogen-bond donors (Lipinski definition) is 0. The highest BCUT2D eigenvalue weighted by Gasteiger charge is 2.40. The maximum atomic E-state index is 13.5. The van der Waals surface area contributed by atoms with E-state index in [-0.39, 0.29) is 11.9 Å². The van der Waals surface area contributed by atoms with Crippen molar-refractivity contribution in [2.75, 3.05) is 6.54 Å². The van der Waals surface area contributed by atoms with Gasteiger partial charge in [-0.05, 0) is 36.1 Å². The highest BCUT2D eigenvalue weighted by atomic mass is 35.5. The Morgan fingerprint density at radius 3 is 2.38 bits per heavy atom. The molecule has 1 atom stereocenters. The highest BCUT2D eigenvalue weighted by molar-refractivity contribution is 6.34. The Bertz CT molecular complexity index is 1620. The molecule has 9 heteroatoms. The number of carbonyl (C=O) groups is 1. The summed E-state index contributed by atoms with van der Waals surface area (Å²) < 4.78 is 7.75. The van der Waals surface area contributed by atoms with E-state index in [4.69, 9.17) is 26.1 Å². The molecule has 0 unspecified atom stereocenters. The number of amides is 1. The number of fused-ring (bicyclic) bond motifs is 5. The number of imidazole rings is 1. The number of carbonyl (C=O) groups excluding carboxylic acids is 1. The van der Waals surface area contributed by atoms with E-state index in [1.165, 1.54) is 11.1 Å². The zero-order chi connectivity index (χ0) is 27.1. The van der Waals surface area contributed by atoms with E-state index in [1.54, 1.807) is 12.4 Å². The minimum atomic E-state index is -0.136. The lowest BCUT2D eigenvalue weighted by Gasteiger charge is -2.22. The molecule has 0 saturated carbocycles. The number of nitrogens with zero attached hydrogens (tertiary/aromatic N) is 6. The molecule has 5 aromatic rings. The van der Waals surface area contributed by atoms with E-state index in [9.17, 15) is 4.79 Å². The highest BCUT2D eigenvalue weighted by Crippen LogP contribution is 2.43. The van der Waals surface area contributed by atoms with E-state index >= 15 is 0 Å². The molecule has 200 valence electrons. The van der Waals surface area contributed by atoms with Gasteiger partial charge in [-0.25, -0.2) is 4.98 Å². The summed E-state index contributed by atoms with van der Waals surface area (Å²) >= 11 is 6.53. The molecular weight excluding hydrogens is 524 g/mol. The van der Waals surface area contributed by atoms with E-state index < -0.39 is 0 Å². The van der Waals surface area contributed by atoms with Crippen molar-refractivity contribution < 1.29 is 9.32 Å². The van der Waals surface area contributed by atoms with Crippen LogP contribution in [0.3, 0.4) is 0 Å². The van der Waals surface area contributed by atoms with Crippen LogP contribution in [0.15, 0.2) is 89.7 Å². The summed E-state index contributed by atoms with van der Waals surface area (Å²) in [4.78, 5) is 27.2. The SMILES string of the molecule is O=C1c2c(Cl)cccc2-n2cnc(-c3noc(CN(Cc4ccccc4)Cc4ccccc4)n3)c2[C@@H]2CCCN12. The number of aromatic nitrogens is 4. The number of rotatable bonds is 7. The van der Waals surface area contributed by atoms with Crippen LogP contribution in [0.25, 0.3) is 17.2 Å². The van der Waals surface area contributed by atoms with Crippen molar-refractivity contribution in [3.8, 4) is 17.2 Å². The summed E-state index contributed by atoms with van der Waals surface area (Å²) in [6.07, 6.45) is 3.48. The second kappa shape index (κ2) is 10.4. The molecule has 2 aliphatic heterocycles. The Hall–Kier alpha value is -4.27. The zero-order valence-electron chi connectivity index (χ0n) is 21.8. The van der Waals surface area contributed by atoms with Crippen LogP contribution in [0.2, 0.25) is 5.02 Å². The first-order chi connectivity index (χ1) is 19.7. The third-order valence-corrected chi connectivity index (χ3v) is 7.95. The van der Waals surface area contributed by atoms with E-state index in [0.717, 1.165) is 37.3 Å². The van der Waals surface area contributed by atoms with Crippen molar-refractivity contribution >= 4 is 17.5 Å². The van der Waals surface area contributed by atoms with Crippen molar-refractivity contribution in [3.63, 3.8) is 0 Å². The standard InChI is InChI=1S/C31H27ClN6O2/c32-23-13-7-14-24-27(23)31(39)37-16-8-15-25(37)29-28(33-20-38(24)29)30-34-26(40-35-30)19-36(17-21-9-3-1-4-10-21)18-22-11-5-2-6-12-22/h1-7,9-14,20,25H,8,15-19H2/t25-/m0/s1. The summed E-state index contributed by atoms with van der Waals surface area (Å²) in [7, 11) is 0. The normalized spacial score (nSPS) is 16.1. The fraction of sp³-hybridized carbons (Fsp3) is 0.226. The van der Waals surface area contributed by atoms with Gasteiger partial charge in [-0.1, -0.05) is 83.5 Å². The maximum Gasteiger partial charge on any atom is 0.258 e. The Morgan fingerprint density at radius 1 is 0.925 bits per heavy atom. The molecule has 3 aromatic carbocycles. The summed E-state index contributed by atoms with van der Waals surface area (Å²) in [5.74, 6) is 0.886. The molecule has 8 nitrogen and oxygen atoms in total. The van der Waals surface area contributed by atoms with Crippen LogP contribution in [0.4, 0.5) is 0 Å². The Morgan fingerprint density at radius 2 is 1.65 bits per heavy atom. The van der Waals surface area contributed by atoms with Crippen LogP contribution in [-0.2, 0) is 19.6 Å². The molecule has 0 radical (unpaired) electrons. The monoisotopic (exact) mass is 550 g/mol. The third kappa shape index (κ3) is 4.49. The lowest BCUT2D eigenvalue weighted by atomic mass is 10.1. The predicted molar refractivity (Wildman–Crippen MR) is 151 cm³/mol. The van der Waals surface area contributed by atoms with Gasteiger partial charge < -0.3 is 9.42 Å². The summed E-state index contributed by atoms with van der Waals surface area (Å²) in [5.41, 5.74) is 5.17. The molecule has 7 rings (SSSR count). The van der Waals surface area contributed by atoms with Crippen molar-refractivity contribution in [1.29, 1.82) is 0 Å². The zero-order valence-corrected chi connectivity index (χ0v) is 22.5. The second-order valence-corrected chi connectivity index (χ2v) is 10.7. The average molecular weight is 551 g/mol. The molecular formula is C31H27ClN6O2. The van der Waals surface area contributed by atoms with Crippen LogP contribution in [-0.4, -0.2) is 41.9 Å². The van der Waals surface area contributed by atoms with Crippen LogP contribution in [0, 0.1) is 0 Å². The van der Waals surface area contributed by atoms with Gasteiger partial charge in [0.1, 0.15) is 12.0 Å². The number of hydrogen-bond acceptors (Lipinski definition) is 6. The molecule has 0 aliphatic carbocycles. The van der Waals surface area contributed by atoms with E-state index in [0.29, 0.717) is 41.1 Å². The van der Waals surface area contributed by atoms with Gasteiger partial charge in [-0.3, -0.25) is 14.3 Å². The second-order valence-electron chi connectivity index (χ2n) is 10.3. The lowest BCUT2D eigenvalue weighted by molar-refractivity contribution is 0.0739. The van der Waals surface area contributed by atoms with Crippen molar-refractivity contribution in [2.45, 2.75) is 38.5 Å². The van der Waals surface area contributed by atoms with Crippen molar-refractivity contribution in [2.24, 2.45) is 0 Å². The first kappa shape index (κ1) is 24.7. The fourth-order valence-electron chi connectivity index (χ4n) is 5.86. The van der Waals surface area contributed by atoms with E-state index in [1.807, 2.05) is 58.0 Å². The Balaban J connectivity index is 1.22. The lowest BCUT2D eigenvalue weighted by Crippen LogP contribution is -2.30. The molecule has 1 fully saturated rings. The van der Waals surface area contributed by atoms with Gasteiger partial charge in [0.15, 0.2) is 0 Å². The summed E-state index contributed by atoms with van der Waals surface area (Å²) in [6, 6.07) is 26.1. The molecule has 2 aromatic heterocycles. The molecule has 40 heavy (non-hydrogen) atoms. The molecule has 0 N–H and O–H groups in total. The maximum absolute atomic E-state index is 13.5. The molecule has 0 spiro atoms.